The van der Waals surface area contributed by atoms with E-state index in [2.05, 4.69) is 13.8 Å². The summed E-state index contributed by atoms with van der Waals surface area (Å²) in [7, 11) is 0. The van der Waals surface area contributed by atoms with E-state index in [1.807, 2.05) is 20.8 Å². The molecule has 0 aromatic heterocycles. The Bertz CT molecular complexity index is 472. The Morgan fingerprint density at radius 1 is 0.636 bits per heavy atom. The standard InChI is InChI=1S/C29H56O4/c1-6-8-10-12-14-16-18-20-24-32-27(30)23-22-26(3)29(4,5)28(31)33-25-21-19-17-15-13-11-9-7-2/h26H,6-25H2,1-5H3. The third-order valence-electron chi connectivity index (χ3n) is 7.03. The molecule has 33 heavy (non-hydrogen) atoms. The van der Waals surface area contributed by atoms with E-state index in [1.165, 1.54) is 77.0 Å². The lowest BCUT2D eigenvalue weighted by Gasteiger charge is -2.29. The summed E-state index contributed by atoms with van der Waals surface area (Å²) in [4.78, 5) is 24.6. The van der Waals surface area contributed by atoms with Gasteiger partial charge in [0.25, 0.3) is 0 Å². The summed E-state index contributed by atoms with van der Waals surface area (Å²) in [6.45, 7) is 11.4. The van der Waals surface area contributed by atoms with Gasteiger partial charge in [-0.2, -0.15) is 0 Å². The van der Waals surface area contributed by atoms with Crippen LogP contribution in [0.1, 0.15) is 150 Å². The van der Waals surface area contributed by atoms with Crippen LogP contribution in [0, 0.1) is 11.3 Å². The van der Waals surface area contributed by atoms with Gasteiger partial charge >= 0.3 is 11.9 Å². The van der Waals surface area contributed by atoms with Gasteiger partial charge in [0, 0.05) is 6.42 Å². The highest BCUT2D eigenvalue weighted by Crippen LogP contribution is 2.32. The van der Waals surface area contributed by atoms with Crippen molar-refractivity contribution in [1.29, 1.82) is 0 Å². The number of hydrogen-bond donors (Lipinski definition) is 0. The van der Waals surface area contributed by atoms with Gasteiger partial charge in [0.2, 0.25) is 0 Å². The van der Waals surface area contributed by atoms with Gasteiger partial charge in [-0.3, -0.25) is 9.59 Å². The molecule has 0 bridgehead atoms. The first-order valence-corrected chi connectivity index (χ1v) is 14.2. The smallest absolute Gasteiger partial charge is 0.311 e. The third kappa shape index (κ3) is 18.0. The molecule has 1 unspecified atom stereocenters. The van der Waals surface area contributed by atoms with Crippen LogP contribution in [0.5, 0.6) is 0 Å². The lowest BCUT2D eigenvalue weighted by atomic mass is 9.77. The molecule has 4 nitrogen and oxygen atoms in total. The Morgan fingerprint density at radius 2 is 1.03 bits per heavy atom. The van der Waals surface area contributed by atoms with E-state index in [0.717, 1.165) is 25.7 Å². The van der Waals surface area contributed by atoms with Crippen molar-refractivity contribution in [2.75, 3.05) is 13.2 Å². The molecule has 0 fully saturated rings. The van der Waals surface area contributed by atoms with Crippen molar-refractivity contribution in [3.63, 3.8) is 0 Å². The Balaban J connectivity index is 3.82. The van der Waals surface area contributed by atoms with E-state index in [0.29, 0.717) is 26.1 Å². The van der Waals surface area contributed by atoms with E-state index >= 15 is 0 Å². The Hall–Kier alpha value is -1.06. The van der Waals surface area contributed by atoms with Gasteiger partial charge in [0.05, 0.1) is 18.6 Å². The van der Waals surface area contributed by atoms with E-state index in [-0.39, 0.29) is 17.9 Å². The average molecular weight is 469 g/mol. The molecule has 0 aliphatic heterocycles. The first kappa shape index (κ1) is 31.9. The van der Waals surface area contributed by atoms with Gasteiger partial charge in [-0.15, -0.1) is 0 Å². The molecule has 196 valence electrons. The van der Waals surface area contributed by atoms with E-state index in [4.69, 9.17) is 9.47 Å². The zero-order valence-electron chi connectivity index (χ0n) is 22.9. The fourth-order valence-corrected chi connectivity index (χ4v) is 3.98. The molecule has 0 rings (SSSR count). The number of carbonyl (C=O) groups is 2. The number of rotatable bonds is 23. The van der Waals surface area contributed by atoms with Crippen LogP contribution < -0.4 is 0 Å². The summed E-state index contributed by atoms with van der Waals surface area (Å²) in [5.74, 6) is -0.225. The Kier molecular flexibility index (Phi) is 20.8. The van der Waals surface area contributed by atoms with Crippen molar-refractivity contribution in [1.82, 2.24) is 0 Å². The summed E-state index contributed by atoms with van der Waals surface area (Å²) in [6, 6.07) is 0. The lowest BCUT2D eigenvalue weighted by molar-refractivity contribution is -0.158. The van der Waals surface area contributed by atoms with Crippen LogP contribution in [0.15, 0.2) is 0 Å². The molecule has 0 amide bonds. The molecule has 4 heteroatoms. The molecule has 0 aliphatic carbocycles. The molecule has 0 aromatic rings. The maximum absolute atomic E-state index is 12.6. The highest BCUT2D eigenvalue weighted by Gasteiger charge is 2.35. The number of carbonyl (C=O) groups excluding carboxylic acids is 2. The topological polar surface area (TPSA) is 52.6 Å². The van der Waals surface area contributed by atoms with Crippen LogP contribution in [0.3, 0.4) is 0 Å². The van der Waals surface area contributed by atoms with Crippen LogP contribution in [0.25, 0.3) is 0 Å². The van der Waals surface area contributed by atoms with Crippen molar-refractivity contribution >= 4 is 11.9 Å². The Morgan fingerprint density at radius 3 is 1.48 bits per heavy atom. The molecular weight excluding hydrogens is 412 g/mol. The summed E-state index contributed by atoms with van der Waals surface area (Å²) in [5.41, 5.74) is -0.585. The van der Waals surface area contributed by atoms with Gasteiger partial charge < -0.3 is 9.47 Å². The maximum atomic E-state index is 12.6. The highest BCUT2D eigenvalue weighted by molar-refractivity contribution is 5.76. The molecule has 0 N–H and O–H groups in total. The number of unbranched alkanes of at least 4 members (excludes halogenated alkanes) is 14. The van der Waals surface area contributed by atoms with Crippen LogP contribution in [0.4, 0.5) is 0 Å². The van der Waals surface area contributed by atoms with Gasteiger partial charge in [0.1, 0.15) is 0 Å². The van der Waals surface area contributed by atoms with Gasteiger partial charge in [-0.05, 0) is 39.0 Å². The van der Waals surface area contributed by atoms with Crippen LogP contribution >= 0.6 is 0 Å². The van der Waals surface area contributed by atoms with Crippen LogP contribution in [0.2, 0.25) is 0 Å². The predicted molar refractivity (Wildman–Crippen MR) is 139 cm³/mol. The molecule has 0 saturated heterocycles. The third-order valence-corrected chi connectivity index (χ3v) is 7.03. The van der Waals surface area contributed by atoms with Crippen molar-refractivity contribution in [2.24, 2.45) is 11.3 Å². The fourth-order valence-electron chi connectivity index (χ4n) is 3.98. The molecule has 0 aromatic carbocycles. The minimum absolute atomic E-state index is 0.0687. The van der Waals surface area contributed by atoms with E-state index in [1.54, 1.807) is 0 Å². The maximum Gasteiger partial charge on any atom is 0.311 e. The van der Waals surface area contributed by atoms with Crippen molar-refractivity contribution in [2.45, 2.75) is 150 Å². The monoisotopic (exact) mass is 468 g/mol. The van der Waals surface area contributed by atoms with Gasteiger partial charge in [0.15, 0.2) is 0 Å². The first-order chi connectivity index (χ1) is 15.9. The summed E-state index contributed by atoms with van der Waals surface area (Å²) in [5, 5.41) is 0. The van der Waals surface area contributed by atoms with Crippen molar-refractivity contribution in [3.8, 4) is 0 Å². The zero-order valence-corrected chi connectivity index (χ0v) is 22.9. The van der Waals surface area contributed by atoms with E-state index < -0.39 is 5.41 Å². The average Bonchev–Trinajstić information content (AvgIpc) is 2.80. The minimum Gasteiger partial charge on any atom is -0.466 e. The molecule has 0 heterocycles. The first-order valence-electron chi connectivity index (χ1n) is 14.2. The summed E-state index contributed by atoms with van der Waals surface area (Å²) < 4.78 is 10.9. The summed E-state index contributed by atoms with van der Waals surface area (Å²) >= 11 is 0. The number of ether oxygens (including phenoxy) is 2. The second-order valence-electron chi connectivity index (χ2n) is 10.5. The van der Waals surface area contributed by atoms with Gasteiger partial charge in [-0.1, -0.05) is 111 Å². The molecule has 0 aliphatic rings. The summed E-state index contributed by atoms with van der Waals surface area (Å²) in [6.07, 6.45) is 20.7. The minimum atomic E-state index is -0.585. The van der Waals surface area contributed by atoms with Crippen molar-refractivity contribution < 1.29 is 19.1 Å². The fraction of sp³-hybridized carbons (Fsp3) is 0.931. The number of hydrogen-bond acceptors (Lipinski definition) is 4. The molecule has 0 radical (unpaired) electrons. The Labute approximate surface area is 206 Å². The largest absolute Gasteiger partial charge is 0.466 e. The van der Waals surface area contributed by atoms with Crippen molar-refractivity contribution in [3.05, 3.63) is 0 Å². The zero-order chi connectivity index (χ0) is 24.8. The van der Waals surface area contributed by atoms with E-state index in [9.17, 15) is 9.59 Å². The lowest BCUT2D eigenvalue weighted by Crippen LogP contribution is -2.34. The molecule has 1 atom stereocenters. The van der Waals surface area contributed by atoms with Crippen LogP contribution in [-0.4, -0.2) is 25.2 Å². The molecule has 0 saturated carbocycles. The normalized spacial score (nSPS) is 12.5. The molecular formula is C29H56O4. The quantitative estimate of drug-likeness (QED) is 0.111. The SMILES string of the molecule is CCCCCCCCCCOC(=O)CCC(C)C(C)(C)C(=O)OCCCCCCCCCC. The number of esters is 2. The van der Waals surface area contributed by atoms with Crippen LogP contribution in [-0.2, 0) is 19.1 Å². The predicted octanol–water partition coefficient (Wildman–Crippen LogP) is 8.80. The second kappa shape index (κ2) is 21.5. The van der Waals surface area contributed by atoms with Gasteiger partial charge in [-0.25, -0.2) is 0 Å². The second-order valence-corrected chi connectivity index (χ2v) is 10.5. The highest BCUT2D eigenvalue weighted by atomic mass is 16.5. The molecule has 0 spiro atoms.